The van der Waals surface area contributed by atoms with Crippen LogP contribution in [-0.4, -0.2) is 33.8 Å². The molecule has 0 bridgehead atoms. The van der Waals surface area contributed by atoms with Gasteiger partial charge in [0.2, 0.25) is 0 Å². The number of carbonyl (C=O) groups excluding carboxylic acids is 2. The molecule has 4 rings (SSSR count). The fraction of sp³-hybridized carbons (Fsp3) is 0.192. The molecule has 6 nitrogen and oxygen atoms in total. The molecule has 168 valence electrons. The molecule has 1 aliphatic heterocycles. The highest BCUT2D eigenvalue weighted by Gasteiger charge is 2.46. The van der Waals surface area contributed by atoms with Gasteiger partial charge in [-0.15, -0.1) is 0 Å². The van der Waals surface area contributed by atoms with Crippen LogP contribution in [0.5, 0.6) is 5.75 Å². The van der Waals surface area contributed by atoms with Crippen molar-refractivity contribution in [3.8, 4) is 5.75 Å². The normalized spacial score (nSPS) is 17.5. The molecule has 33 heavy (non-hydrogen) atoms. The molecule has 1 amide bonds. The van der Waals surface area contributed by atoms with Gasteiger partial charge in [0.05, 0.1) is 23.7 Å². The summed E-state index contributed by atoms with van der Waals surface area (Å²) >= 11 is 6.24. The van der Waals surface area contributed by atoms with Crippen molar-refractivity contribution < 1.29 is 19.4 Å². The fourth-order valence-electron chi connectivity index (χ4n) is 4.05. The summed E-state index contributed by atoms with van der Waals surface area (Å²) in [5.74, 6) is -1.29. The largest absolute Gasteiger partial charge is 0.507 e. The summed E-state index contributed by atoms with van der Waals surface area (Å²) in [5.41, 5.74) is 3.94. The van der Waals surface area contributed by atoms with Crippen molar-refractivity contribution in [3.63, 3.8) is 0 Å². The maximum Gasteiger partial charge on any atom is 0.295 e. The number of rotatable bonds is 5. The van der Waals surface area contributed by atoms with E-state index in [9.17, 15) is 14.7 Å². The zero-order valence-electron chi connectivity index (χ0n) is 18.5. The van der Waals surface area contributed by atoms with E-state index >= 15 is 0 Å². The number of carbonyl (C=O) groups is 2. The summed E-state index contributed by atoms with van der Waals surface area (Å²) in [5, 5.41) is 11.5. The number of halogens is 1. The second-order valence-corrected chi connectivity index (χ2v) is 8.40. The minimum atomic E-state index is -0.792. The zero-order chi connectivity index (χ0) is 23.7. The van der Waals surface area contributed by atoms with Gasteiger partial charge < -0.3 is 14.7 Å². The van der Waals surface area contributed by atoms with E-state index in [2.05, 4.69) is 4.98 Å². The molecular formula is C26H23ClN2O4. The third-order valence-electron chi connectivity index (χ3n) is 5.81. The van der Waals surface area contributed by atoms with Crippen molar-refractivity contribution in [3.05, 3.63) is 99.3 Å². The lowest BCUT2D eigenvalue weighted by atomic mass is 9.96. The molecule has 0 saturated carbocycles. The quantitative estimate of drug-likeness (QED) is 0.328. The van der Waals surface area contributed by atoms with Gasteiger partial charge in [-0.25, -0.2) is 0 Å². The first-order valence-electron chi connectivity index (χ1n) is 10.4. The van der Waals surface area contributed by atoms with Crippen LogP contribution in [0.4, 0.5) is 0 Å². The lowest BCUT2D eigenvalue weighted by Gasteiger charge is -2.26. The van der Waals surface area contributed by atoms with Crippen LogP contribution in [0.25, 0.3) is 5.76 Å². The Balaban J connectivity index is 1.86. The SMILES string of the molecule is COc1ccc(/C(O)=C2/C(=O)C(=O)N(Cc3cc(C)ccc3C)C2c2cccnc2)cc1Cl. The molecule has 1 aliphatic rings. The maximum atomic E-state index is 13.2. The van der Waals surface area contributed by atoms with Gasteiger partial charge in [0.15, 0.2) is 0 Å². The molecule has 2 heterocycles. The van der Waals surface area contributed by atoms with Gasteiger partial charge in [-0.1, -0.05) is 41.4 Å². The number of pyridine rings is 1. The molecule has 1 unspecified atom stereocenters. The number of benzene rings is 2. The number of hydrogen-bond acceptors (Lipinski definition) is 5. The topological polar surface area (TPSA) is 79.7 Å². The Bertz CT molecular complexity index is 1270. The Labute approximate surface area is 197 Å². The van der Waals surface area contributed by atoms with E-state index in [1.165, 1.54) is 18.1 Å². The molecule has 3 aromatic rings. The minimum Gasteiger partial charge on any atom is -0.507 e. The molecule has 1 aromatic heterocycles. The zero-order valence-corrected chi connectivity index (χ0v) is 19.3. The third kappa shape index (κ3) is 4.22. The van der Waals surface area contributed by atoms with Crippen LogP contribution in [-0.2, 0) is 16.1 Å². The van der Waals surface area contributed by atoms with Crippen LogP contribution < -0.4 is 4.74 Å². The molecule has 0 spiro atoms. The standard InChI is InChI=1S/C26H23ClN2O4/c1-15-6-7-16(2)19(11-15)14-29-23(18-5-4-10-28-13-18)22(25(31)26(29)32)24(30)17-8-9-21(33-3)20(27)12-17/h4-13,23,30H,14H2,1-3H3/b24-22-. The van der Waals surface area contributed by atoms with Crippen molar-refractivity contribution in [2.24, 2.45) is 0 Å². The number of aromatic nitrogens is 1. The monoisotopic (exact) mass is 462 g/mol. The van der Waals surface area contributed by atoms with E-state index in [1.54, 1.807) is 36.7 Å². The first-order chi connectivity index (χ1) is 15.8. The minimum absolute atomic E-state index is 0.000426. The lowest BCUT2D eigenvalue weighted by molar-refractivity contribution is -0.140. The van der Waals surface area contributed by atoms with Crippen molar-refractivity contribution in [1.82, 2.24) is 9.88 Å². The number of Topliss-reactive ketones (excluding diaryl/α,β-unsaturated/α-hetero) is 1. The second kappa shape index (κ2) is 9.08. The molecule has 0 radical (unpaired) electrons. The number of likely N-dealkylation sites (tertiary alicyclic amines) is 1. The van der Waals surface area contributed by atoms with E-state index in [1.807, 2.05) is 32.0 Å². The number of methoxy groups -OCH3 is 1. The van der Waals surface area contributed by atoms with Crippen LogP contribution in [0.3, 0.4) is 0 Å². The van der Waals surface area contributed by atoms with E-state index in [-0.39, 0.29) is 22.9 Å². The van der Waals surface area contributed by atoms with Gasteiger partial charge >= 0.3 is 0 Å². The fourth-order valence-corrected chi connectivity index (χ4v) is 4.31. The maximum absolute atomic E-state index is 13.2. The molecule has 0 aliphatic carbocycles. The van der Waals surface area contributed by atoms with Gasteiger partial charge in [0.25, 0.3) is 11.7 Å². The Morgan fingerprint density at radius 2 is 1.94 bits per heavy atom. The number of amides is 1. The second-order valence-electron chi connectivity index (χ2n) is 7.99. The first-order valence-corrected chi connectivity index (χ1v) is 10.8. The van der Waals surface area contributed by atoms with Crippen LogP contribution in [0, 0.1) is 13.8 Å². The predicted molar refractivity (Wildman–Crippen MR) is 126 cm³/mol. The van der Waals surface area contributed by atoms with Crippen molar-refractivity contribution >= 4 is 29.1 Å². The number of aliphatic hydroxyl groups is 1. The number of aliphatic hydroxyl groups excluding tert-OH is 1. The number of ether oxygens (including phenoxy) is 1. The summed E-state index contributed by atoms with van der Waals surface area (Å²) in [6, 6.07) is 13.4. The Kier molecular flexibility index (Phi) is 6.20. The van der Waals surface area contributed by atoms with Gasteiger partial charge in [-0.2, -0.15) is 0 Å². The average Bonchev–Trinajstić information content (AvgIpc) is 3.06. The average molecular weight is 463 g/mol. The van der Waals surface area contributed by atoms with Crippen molar-refractivity contribution in [2.75, 3.05) is 7.11 Å². The van der Waals surface area contributed by atoms with E-state index in [0.29, 0.717) is 16.9 Å². The highest BCUT2D eigenvalue weighted by atomic mass is 35.5. The van der Waals surface area contributed by atoms with Crippen LogP contribution in [0.2, 0.25) is 5.02 Å². The molecule has 1 saturated heterocycles. The summed E-state index contributed by atoms with van der Waals surface area (Å²) < 4.78 is 5.17. The Morgan fingerprint density at radius 1 is 1.15 bits per heavy atom. The van der Waals surface area contributed by atoms with Gasteiger partial charge in [-0.3, -0.25) is 14.6 Å². The van der Waals surface area contributed by atoms with Crippen LogP contribution in [0.1, 0.15) is 33.9 Å². The molecule has 1 fully saturated rings. The molecular weight excluding hydrogens is 440 g/mol. The smallest absolute Gasteiger partial charge is 0.295 e. The van der Waals surface area contributed by atoms with Gasteiger partial charge in [0.1, 0.15) is 11.5 Å². The summed E-state index contributed by atoms with van der Waals surface area (Å²) in [4.78, 5) is 32.0. The van der Waals surface area contributed by atoms with Crippen molar-refractivity contribution in [2.45, 2.75) is 26.4 Å². The van der Waals surface area contributed by atoms with E-state index in [4.69, 9.17) is 16.3 Å². The summed E-state index contributed by atoms with van der Waals surface area (Å²) in [6.07, 6.45) is 3.21. The molecule has 1 N–H and O–H groups in total. The predicted octanol–water partition coefficient (Wildman–Crippen LogP) is 4.98. The van der Waals surface area contributed by atoms with Gasteiger partial charge in [-0.05, 0) is 54.8 Å². The summed E-state index contributed by atoms with van der Waals surface area (Å²) in [7, 11) is 1.49. The highest BCUT2D eigenvalue weighted by molar-refractivity contribution is 6.46. The molecule has 2 aromatic carbocycles. The first kappa shape index (κ1) is 22.6. The Hall–Kier alpha value is -3.64. The summed E-state index contributed by atoms with van der Waals surface area (Å²) in [6.45, 7) is 4.16. The highest BCUT2D eigenvalue weighted by Crippen LogP contribution is 2.41. The number of aryl methyl sites for hydroxylation is 2. The number of ketones is 1. The van der Waals surface area contributed by atoms with Gasteiger partial charge in [0, 0.05) is 24.5 Å². The van der Waals surface area contributed by atoms with E-state index < -0.39 is 17.7 Å². The third-order valence-corrected chi connectivity index (χ3v) is 6.11. The Morgan fingerprint density at radius 3 is 2.61 bits per heavy atom. The lowest BCUT2D eigenvalue weighted by Crippen LogP contribution is -2.29. The number of nitrogens with zero attached hydrogens (tertiary/aromatic N) is 2. The van der Waals surface area contributed by atoms with Crippen molar-refractivity contribution in [1.29, 1.82) is 0 Å². The van der Waals surface area contributed by atoms with Crippen LogP contribution >= 0.6 is 11.6 Å². The van der Waals surface area contributed by atoms with Crippen LogP contribution in [0.15, 0.2) is 66.5 Å². The molecule has 1 atom stereocenters. The van der Waals surface area contributed by atoms with E-state index in [0.717, 1.165) is 16.7 Å². The molecule has 7 heteroatoms. The number of hydrogen-bond donors (Lipinski definition) is 1.